The Balaban J connectivity index is 0.836. The Morgan fingerprint density at radius 2 is 0.883 bits per heavy atom. The third-order valence-corrected chi connectivity index (χ3v) is 22.1. The van der Waals surface area contributed by atoms with E-state index in [1.165, 1.54) is 30.9 Å². The summed E-state index contributed by atoms with van der Waals surface area (Å²) in [6, 6.07) is 9.15. The number of allylic oxidation sites excluding steroid dienone is 2. The lowest BCUT2D eigenvalue weighted by molar-refractivity contribution is -0.957. The van der Waals surface area contributed by atoms with Crippen molar-refractivity contribution in [1.29, 1.82) is 0 Å². The summed E-state index contributed by atoms with van der Waals surface area (Å²) >= 11 is 0. The van der Waals surface area contributed by atoms with E-state index in [4.69, 9.17) is 47.7 Å². The number of nitrogens with zero attached hydrogens (tertiary/aromatic N) is 9. The van der Waals surface area contributed by atoms with Crippen LogP contribution >= 0.6 is 15.2 Å². The van der Waals surface area contributed by atoms with Gasteiger partial charge in [-0.3, -0.25) is 57.2 Å². The van der Waals surface area contributed by atoms with Gasteiger partial charge in [-0.2, -0.15) is 0 Å². The highest BCUT2D eigenvalue weighted by Gasteiger charge is 2.38. The minimum Gasteiger partial charge on any atom is -0.392 e. The minimum atomic E-state index is -3.87. The number of aliphatic hydroxyl groups excluding tert-OH is 2. The number of piperazine rings is 1. The second kappa shape index (κ2) is 53.3. The van der Waals surface area contributed by atoms with Crippen LogP contribution < -0.4 is 31.9 Å². The third-order valence-electron chi connectivity index (χ3n) is 19.4. The third kappa shape index (κ3) is 38.6. The molecule has 38 nitrogen and oxygen atoms in total. The number of hydrogen-bond donors (Lipinski definition) is 10. The van der Waals surface area contributed by atoms with Crippen molar-refractivity contribution >= 4 is 79.7 Å². The summed E-state index contributed by atoms with van der Waals surface area (Å²) in [5, 5.41) is 52.3. The van der Waals surface area contributed by atoms with Crippen LogP contribution in [0.4, 0.5) is 11.4 Å². The number of anilines is 2. The molecule has 9 amide bonds. The predicted octanol–water partition coefficient (Wildman–Crippen LogP) is 4.22. The number of nitrogens with one attached hydrogen (secondary N) is 6. The number of quaternary nitrogens is 1. The zero-order valence-electron chi connectivity index (χ0n) is 70.3. The zero-order valence-corrected chi connectivity index (χ0v) is 72.0. The molecule has 0 saturated carbocycles. The average Bonchev–Trinajstić information content (AvgIpc) is 1.52. The zero-order chi connectivity index (χ0) is 87.5. The monoisotopic (exact) mass is 1720 g/mol. The first-order chi connectivity index (χ1) is 57.3. The van der Waals surface area contributed by atoms with Crippen LogP contribution in [-0.4, -0.2) is 279 Å². The van der Waals surface area contributed by atoms with Crippen LogP contribution in [0, 0.1) is 11.8 Å². The van der Waals surface area contributed by atoms with Gasteiger partial charge in [0.1, 0.15) is 48.6 Å². The standard InChI is InChI=1S/C80H123N15O23P2/c1-58(2)75(79(105)81-62(7)77(103)83-66-21-17-64(18-22-66)56-117-119(107,108)48-12-14-60(5)54-96)85-70(98)27-36-111-40-44-115-46-42-113-38-32-92-50-68(87-89-92)52-95(34-30-91(31-35-95)72(100)16-10-9-11-29-94-73(101)25-26-74(94)102)53-69-51-93(90-88-69)33-39-114-43-47-116-45-41-112-37-28-71(99)86-76(59(3)4)80(106)82-63(8)78(104)84-67-23-19-65(20-24-67)57-118-120(109,110)49-13-15-61(6)55-97/h14-15,17-26,50-51,58-59,62-63,75-76,96-97H,9-13,16,27-49,52-57H2,1-8H3,(H7-,81,82,83,84,85,86,98,99,103,104,105,106,107,108,109,110)/p+1/b60-14+,61-15+/t62-,63-,75-,76-/m0/s1. The fraction of sp³-hybridized carbons (Fsp3) is 0.613. The molecule has 6 rings (SSSR count). The lowest BCUT2D eigenvalue weighted by Gasteiger charge is -2.44. The number of imide groups is 1. The SMILES string of the molecule is C/C(=C\CCP(=O)(O)OCc1ccc(NC(=O)[C@H](C)NC(=O)[C@@H](NC(=O)CCOCCOCCOCCn2cc(C[N+]3(Cc4cn(CCOCCOCCOCCC(=O)N[C@H](C(=O)N[C@@H](C)C(=O)Nc5ccc(COP(=O)(O)CC/C=C(\C)CO)cc5)C(C)C)nn4)CCN(C(=O)CCCCCN4C(=O)C=CC4=O)CC3)nn2)C(C)C)cc1)CO. The van der Waals surface area contributed by atoms with Crippen LogP contribution in [0.3, 0.4) is 0 Å². The van der Waals surface area contributed by atoms with Crippen molar-refractivity contribution in [3.63, 3.8) is 0 Å². The van der Waals surface area contributed by atoms with Gasteiger partial charge < -0.3 is 98.8 Å². The summed E-state index contributed by atoms with van der Waals surface area (Å²) in [5.41, 5.74) is 4.92. The van der Waals surface area contributed by atoms with Gasteiger partial charge in [0, 0.05) is 49.3 Å². The van der Waals surface area contributed by atoms with Gasteiger partial charge in [-0.05, 0) is 101 Å². The fourth-order valence-electron chi connectivity index (χ4n) is 12.2. The highest BCUT2D eigenvalue weighted by molar-refractivity contribution is 7.53. The van der Waals surface area contributed by atoms with E-state index in [1.54, 1.807) is 112 Å². The lowest BCUT2D eigenvalue weighted by Crippen LogP contribution is -2.59. The van der Waals surface area contributed by atoms with Crippen molar-refractivity contribution in [3.05, 3.63) is 119 Å². The maximum absolute atomic E-state index is 13.5. The smallest absolute Gasteiger partial charge is 0.328 e. The molecule has 0 radical (unpaired) electrons. The minimum absolute atomic E-state index is 0.0222. The number of carbonyl (C=O) groups excluding carboxylic acids is 9. The number of rotatable bonds is 60. The average molecular weight is 1730 g/mol. The molecular weight excluding hydrogens is 1600 g/mol. The molecule has 4 heterocycles. The van der Waals surface area contributed by atoms with Crippen LogP contribution in [0.1, 0.15) is 129 Å². The number of ether oxygens (including phenoxy) is 6. The van der Waals surface area contributed by atoms with Crippen molar-refractivity contribution in [2.45, 2.75) is 170 Å². The first-order valence-corrected chi connectivity index (χ1v) is 44.2. The van der Waals surface area contributed by atoms with Crippen LogP contribution in [0.15, 0.2) is 96.4 Å². The summed E-state index contributed by atoms with van der Waals surface area (Å²) < 4.78 is 73.5. The second-order valence-corrected chi connectivity index (χ2v) is 34.2. The number of hydrogen-bond acceptors (Lipinski definition) is 25. The Morgan fingerprint density at radius 3 is 1.27 bits per heavy atom. The summed E-state index contributed by atoms with van der Waals surface area (Å²) in [5.74, 6) is -4.12. The van der Waals surface area contributed by atoms with Gasteiger partial charge in [0.15, 0.2) is 0 Å². The molecule has 1 fully saturated rings. The van der Waals surface area contributed by atoms with Crippen LogP contribution in [0.25, 0.3) is 0 Å². The molecule has 120 heavy (non-hydrogen) atoms. The fourth-order valence-corrected chi connectivity index (χ4v) is 14.1. The van der Waals surface area contributed by atoms with Gasteiger partial charge in [-0.1, -0.05) is 92.1 Å². The quantitative estimate of drug-likeness (QED) is 0.00972. The number of amides is 9. The normalized spacial score (nSPS) is 15.8. The van der Waals surface area contributed by atoms with Gasteiger partial charge in [0.05, 0.1) is 170 Å². The lowest BCUT2D eigenvalue weighted by atomic mass is 10.0. The molecule has 2 aromatic heterocycles. The molecule has 2 unspecified atom stereocenters. The molecule has 0 bridgehead atoms. The van der Waals surface area contributed by atoms with Crippen molar-refractivity contribution in [2.24, 2.45) is 11.8 Å². The van der Waals surface area contributed by atoms with E-state index >= 15 is 0 Å². The number of aliphatic hydroxyl groups is 2. The summed E-state index contributed by atoms with van der Waals surface area (Å²) in [4.78, 5) is 139. The van der Waals surface area contributed by atoms with Gasteiger partial charge in [-0.25, -0.2) is 9.36 Å². The van der Waals surface area contributed by atoms with Crippen LogP contribution in [0.2, 0.25) is 0 Å². The summed E-state index contributed by atoms with van der Waals surface area (Å²) in [6.45, 7) is 20.3. The number of unbranched alkanes of at least 4 members (excludes halogenated alkanes) is 2. The molecule has 10 N–H and O–H groups in total. The van der Waals surface area contributed by atoms with E-state index in [0.717, 1.165) is 11.4 Å². The molecule has 2 aromatic carbocycles. The molecule has 2 aliphatic heterocycles. The molecule has 0 aliphatic carbocycles. The largest absolute Gasteiger partial charge is 0.392 e. The Morgan fingerprint density at radius 1 is 0.500 bits per heavy atom. The van der Waals surface area contributed by atoms with E-state index in [9.17, 15) is 62.1 Å². The Hall–Kier alpha value is -8.69. The van der Waals surface area contributed by atoms with E-state index in [2.05, 4.69) is 52.5 Å². The first kappa shape index (κ1) is 100. The van der Waals surface area contributed by atoms with Gasteiger partial charge in [-0.15, -0.1) is 10.2 Å². The second-order valence-electron chi connectivity index (χ2n) is 30.3. The van der Waals surface area contributed by atoms with E-state index in [-0.39, 0.29) is 147 Å². The van der Waals surface area contributed by atoms with Gasteiger partial charge in [0.2, 0.25) is 41.4 Å². The van der Waals surface area contributed by atoms with Crippen molar-refractivity contribution < 1.29 is 114 Å². The molecule has 2 aliphatic rings. The summed E-state index contributed by atoms with van der Waals surface area (Å²) in [7, 11) is -7.74. The van der Waals surface area contributed by atoms with Gasteiger partial charge >= 0.3 is 15.2 Å². The number of benzene rings is 2. The van der Waals surface area contributed by atoms with Crippen molar-refractivity contribution in [1.82, 2.24) is 61.1 Å². The molecule has 4 aromatic rings. The Labute approximate surface area is 701 Å². The molecule has 1 saturated heterocycles. The number of carbonyl (C=O) groups is 9. The molecule has 40 heteroatoms. The molecule has 6 atom stereocenters. The predicted molar refractivity (Wildman–Crippen MR) is 441 cm³/mol. The molecule has 0 spiro atoms. The van der Waals surface area contributed by atoms with E-state index in [1.807, 2.05) is 17.3 Å². The maximum Gasteiger partial charge on any atom is 0.328 e. The van der Waals surface area contributed by atoms with Crippen LogP contribution in [-0.2, 0) is 129 Å². The van der Waals surface area contributed by atoms with Crippen LogP contribution in [0.5, 0.6) is 0 Å². The highest BCUT2D eigenvalue weighted by atomic mass is 31.2. The van der Waals surface area contributed by atoms with Crippen molar-refractivity contribution in [2.75, 3.05) is 148 Å². The molecule has 666 valence electrons. The Bertz CT molecular complexity index is 3840. The van der Waals surface area contributed by atoms with Gasteiger partial charge in [0.25, 0.3) is 11.8 Å². The summed E-state index contributed by atoms with van der Waals surface area (Å²) in [6.07, 6.45) is 12.2. The number of aromatic nitrogens is 6. The van der Waals surface area contributed by atoms with E-state index in [0.29, 0.717) is 149 Å². The maximum atomic E-state index is 13.5. The van der Waals surface area contributed by atoms with Crippen molar-refractivity contribution in [3.8, 4) is 0 Å². The first-order valence-electron chi connectivity index (χ1n) is 40.7. The van der Waals surface area contributed by atoms with E-state index < -0.39 is 74.8 Å². The highest BCUT2D eigenvalue weighted by Crippen LogP contribution is 2.44. The Kier molecular flexibility index (Phi) is 44.4. The molecular formula is C80H124N15O23P2+. The topological polar surface area (TPSA) is 483 Å².